The van der Waals surface area contributed by atoms with E-state index >= 15 is 0 Å². The van der Waals surface area contributed by atoms with Gasteiger partial charge in [0.15, 0.2) is 5.82 Å². The number of nitrogens with zero attached hydrogens (tertiary/aromatic N) is 2. The van der Waals surface area contributed by atoms with Crippen molar-refractivity contribution in [1.29, 1.82) is 0 Å². The molecule has 2 rings (SSSR count). The maximum Gasteiger partial charge on any atom is 0.163 e. The molecule has 0 fully saturated rings. The van der Waals surface area contributed by atoms with Crippen molar-refractivity contribution in [1.82, 2.24) is 9.97 Å². The molecule has 0 radical (unpaired) electrons. The minimum atomic E-state index is 0.671. The van der Waals surface area contributed by atoms with Gasteiger partial charge in [0.2, 0.25) is 0 Å². The van der Waals surface area contributed by atoms with Gasteiger partial charge in [-0.25, -0.2) is 9.97 Å². The normalized spacial score (nSPS) is 10.1. The monoisotopic (exact) mass is 229 g/mol. The molecule has 0 unspecified atom stereocenters. The third-order valence-corrected chi connectivity index (χ3v) is 2.54. The van der Waals surface area contributed by atoms with E-state index in [0.717, 1.165) is 22.6 Å². The highest BCUT2D eigenvalue weighted by Gasteiger charge is 2.08. The smallest absolute Gasteiger partial charge is 0.163 e. The lowest BCUT2D eigenvalue weighted by molar-refractivity contribution is 0.416. The summed E-state index contributed by atoms with van der Waals surface area (Å²) in [5, 5.41) is 2.99. The Morgan fingerprint density at radius 3 is 2.47 bits per heavy atom. The maximum absolute atomic E-state index is 5.32. The molecular weight excluding hydrogens is 214 g/mol. The van der Waals surface area contributed by atoms with Crippen LogP contribution in [0.15, 0.2) is 30.6 Å². The fraction of sp³-hybridized carbons (Fsp3) is 0.231. The van der Waals surface area contributed by atoms with Crippen molar-refractivity contribution in [2.45, 2.75) is 6.92 Å². The van der Waals surface area contributed by atoms with Gasteiger partial charge < -0.3 is 10.1 Å². The zero-order valence-corrected chi connectivity index (χ0v) is 10.2. The molecule has 1 aromatic heterocycles. The summed E-state index contributed by atoms with van der Waals surface area (Å²) in [5.41, 5.74) is 2.96. The fourth-order valence-electron chi connectivity index (χ4n) is 1.59. The summed E-state index contributed by atoms with van der Waals surface area (Å²) in [5.74, 6) is 1.46. The quantitative estimate of drug-likeness (QED) is 0.878. The van der Waals surface area contributed by atoms with E-state index < -0.39 is 0 Å². The summed E-state index contributed by atoms with van der Waals surface area (Å²) >= 11 is 0. The SMILES string of the molecule is CNc1cnc(-c2cc(C)ccc2OC)nc1. The molecule has 1 aromatic carbocycles. The van der Waals surface area contributed by atoms with E-state index in [4.69, 9.17) is 4.74 Å². The number of hydrogen-bond donors (Lipinski definition) is 1. The summed E-state index contributed by atoms with van der Waals surface area (Å²) in [6, 6.07) is 5.96. The van der Waals surface area contributed by atoms with Crippen LogP contribution in [-0.4, -0.2) is 24.1 Å². The Hall–Kier alpha value is -2.10. The van der Waals surface area contributed by atoms with Crippen LogP contribution in [0.5, 0.6) is 5.75 Å². The second-order valence-electron chi connectivity index (χ2n) is 3.75. The van der Waals surface area contributed by atoms with Crippen LogP contribution < -0.4 is 10.1 Å². The lowest BCUT2D eigenvalue weighted by atomic mass is 10.1. The number of aromatic nitrogens is 2. The molecular formula is C13H15N3O. The van der Waals surface area contributed by atoms with Crippen molar-refractivity contribution >= 4 is 5.69 Å². The number of aryl methyl sites for hydroxylation is 1. The van der Waals surface area contributed by atoms with E-state index in [2.05, 4.69) is 15.3 Å². The van der Waals surface area contributed by atoms with Gasteiger partial charge in [-0.3, -0.25) is 0 Å². The van der Waals surface area contributed by atoms with Gasteiger partial charge in [-0.15, -0.1) is 0 Å². The van der Waals surface area contributed by atoms with E-state index in [0.29, 0.717) is 5.82 Å². The second kappa shape index (κ2) is 4.82. The van der Waals surface area contributed by atoms with E-state index in [1.807, 2.05) is 32.2 Å². The lowest BCUT2D eigenvalue weighted by Crippen LogP contribution is -1.96. The predicted molar refractivity (Wildman–Crippen MR) is 68.3 cm³/mol. The Balaban J connectivity index is 2.47. The van der Waals surface area contributed by atoms with Gasteiger partial charge in [0.1, 0.15) is 5.75 Å². The first-order valence-corrected chi connectivity index (χ1v) is 5.39. The Morgan fingerprint density at radius 2 is 1.88 bits per heavy atom. The maximum atomic E-state index is 5.32. The molecule has 88 valence electrons. The number of benzene rings is 1. The molecule has 0 aliphatic heterocycles. The van der Waals surface area contributed by atoms with Gasteiger partial charge in [0, 0.05) is 7.05 Å². The zero-order chi connectivity index (χ0) is 12.3. The average Bonchev–Trinajstić information content (AvgIpc) is 2.39. The third kappa shape index (κ3) is 2.36. The zero-order valence-electron chi connectivity index (χ0n) is 10.2. The minimum Gasteiger partial charge on any atom is -0.496 e. The van der Waals surface area contributed by atoms with E-state index in [-0.39, 0.29) is 0 Å². The molecule has 1 N–H and O–H groups in total. The van der Waals surface area contributed by atoms with Crippen LogP contribution in [0.2, 0.25) is 0 Å². The first kappa shape index (κ1) is 11.4. The molecule has 0 spiro atoms. The molecule has 1 heterocycles. The highest BCUT2D eigenvalue weighted by atomic mass is 16.5. The molecule has 2 aromatic rings. The third-order valence-electron chi connectivity index (χ3n) is 2.54. The van der Waals surface area contributed by atoms with Crippen LogP contribution in [0.3, 0.4) is 0 Å². The molecule has 0 amide bonds. The first-order chi connectivity index (χ1) is 8.24. The topological polar surface area (TPSA) is 47.0 Å². The van der Waals surface area contributed by atoms with Crippen molar-refractivity contribution < 1.29 is 4.74 Å². The van der Waals surface area contributed by atoms with Crippen molar-refractivity contribution in [3.63, 3.8) is 0 Å². The molecule has 0 saturated carbocycles. The summed E-state index contributed by atoms with van der Waals surface area (Å²) in [6.07, 6.45) is 3.51. The van der Waals surface area contributed by atoms with Crippen LogP contribution in [0.4, 0.5) is 5.69 Å². The van der Waals surface area contributed by atoms with E-state index in [1.54, 1.807) is 19.5 Å². The van der Waals surface area contributed by atoms with Crippen LogP contribution >= 0.6 is 0 Å². The number of methoxy groups -OCH3 is 1. The van der Waals surface area contributed by atoms with Gasteiger partial charge in [-0.05, 0) is 19.1 Å². The van der Waals surface area contributed by atoms with Crippen LogP contribution in [0.25, 0.3) is 11.4 Å². The summed E-state index contributed by atoms with van der Waals surface area (Å²) in [6.45, 7) is 2.03. The van der Waals surface area contributed by atoms with Crippen LogP contribution in [0, 0.1) is 6.92 Å². The van der Waals surface area contributed by atoms with Crippen LogP contribution in [-0.2, 0) is 0 Å². The first-order valence-electron chi connectivity index (χ1n) is 5.39. The molecule has 0 bridgehead atoms. The number of anilines is 1. The Bertz CT molecular complexity index is 509. The minimum absolute atomic E-state index is 0.671. The highest BCUT2D eigenvalue weighted by Crippen LogP contribution is 2.28. The largest absolute Gasteiger partial charge is 0.496 e. The van der Waals surface area contributed by atoms with Gasteiger partial charge in [0.05, 0.1) is 30.8 Å². The Labute approximate surface area is 101 Å². The van der Waals surface area contributed by atoms with E-state index in [1.165, 1.54) is 0 Å². The van der Waals surface area contributed by atoms with Gasteiger partial charge in [0.25, 0.3) is 0 Å². The second-order valence-corrected chi connectivity index (χ2v) is 3.75. The summed E-state index contributed by atoms with van der Waals surface area (Å²) in [4.78, 5) is 8.63. The molecule has 17 heavy (non-hydrogen) atoms. The standard InChI is InChI=1S/C13H15N3O/c1-9-4-5-12(17-3)11(6-9)13-15-7-10(14-2)8-16-13/h4-8,14H,1-3H3. The van der Waals surface area contributed by atoms with E-state index in [9.17, 15) is 0 Å². The van der Waals surface area contributed by atoms with Crippen LogP contribution in [0.1, 0.15) is 5.56 Å². The Morgan fingerprint density at radius 1 is 1.18 bits per heavy atom. The Kier molecular flexibility index (Phi) is 3.23. The van der Waals surface area contributed by atoms with Crippen molar-refractivity contribution in [2.24, 2.45) is 0 Å². The van der Waals surface area contributed by atoms with Crippen molar-refractivity contribution in [3.8, 4) is 17.1 Å². The molecule has 4 heteroatoms. The number of rotatable bonds is 3. The molecule has 0 aliphatic carbocycles. The lowest BCUT2D eigenvalue weighted by Gasteiger charge is -2.08. The predicted octanol–water partition coefficient (Wildman–Crippen LogP) is 2.50. The van der Waals surface area contributed by atoms with Crippen molar-refractivity contribution in [3.05, 3.63) is 36.2 Å². The van der Waals surface area contributed by atoms with Gasteiger partial charge >= 0.3 is 0 Å². The highest BCUT2D eigenvalue weighted by molar-refractivity contribution is 5.65. The average molecular weight is 229 g/mol. The van der Waals surface area contributed by atoms with Gasteiger partial charge in [-0.1, -0.05) is 11.6 Å². The summed E-state index contributed by atoms with van der Waals surface area (Å²) in [7, 11) is 3.49. The molecule has 0 saturated heterocycles. The van der Waals surface area contributed by atoms with Crippen molar-refractivity contribution in [2.75, 3.05) is 19.5 Å². The molecule has 0 aliphatic rings. The summed E-state index contributed by atoms with van der Waals surface area (Å²) < 4.78 is 5.32. The molecule has 4 nitrogen and oxygen atoms in total. The number of ether oxygens (including phenoxy) is 1. The molecule has 0 atom stereocenters. The number of nitrogens with one attached hydrogen (secondary N) is 1. The van der Waals surface area contributed by atoms with Gasteiger partial charge in [-0.2, -0.15) is 0 Å². The number of hydrogen-bond acceptors (Lipinski definition) is 4. The fourth-order valence-corrected chi connectivity index (χ4v) is 1.59.